The average Bonchev–Trinajstić information content (AvgIpc) is 2.42. The second-order valence-corrected chi connectivity index (χ2v) is 5.30. The van der Waals surface area contributed by atoms with Crippen LogP contribution in [0, 0.1) is 22.7 Å². The van der Waals surface area contributed by atoms with E-state index in [1.807, 2.05) is 0 Å². The molecular weight excluding hydrogens is 248 g/mol. The fourth-order valence-corrected chi connectivity index (χ4v) is 2.35. The maximum Gasteiger partial charge on any atom is 0.101 e. The van der Waals surface area contributed by atoms with Crippen molar-refractivity contribution in [2.24, 2.45) is 0 Å². The molecular formula is C16H22N4. The van der Waals surface area contributed by atoms with E-state index in [1.165, 1.54) is 0 Å². The van der Waals surface area contributed by atoms with Crippen molar-refractivity contribution in [3.05, 3.63) is 29.3 Å². The van der Waals surface area contributed by atoms with E-state index in [0.717, 1.165) is 6.54 Å². The molecule has 4 heteroatoms. The number of benzene rings is 1. The van der Waals surface area contributed by atoms with Crippen LogP contribution in [0.3, 0.4) is 0 Å². The van der Waals surface area contributed by atoms with Gasteiger partial charge in [0.05, 0.1) is 16.8 Å². The summed E-state index contributed by atoms with van der Waals surface area (Å²) in [5.41, 5.74) is 1.68. The molecule has 0 bridgehead atoms. The lowest BCUT2D eigenvalue weighted by molar-refractivity contribution is 0.182. The van der Waals surface area contributed by atoms with E-state index in [1.54, 1.807) is 18.2 Å². The lowest BCUT2D eigenvalue weighted by Crippen LogP contribution is -2.40. The predicted molar refractivity (Wildman–Crippen MR) is 81.3 cm³/mol. The molecule has 0 saturated carbocycles. The first-order valence-corrected chi connectivity index (χ1v) is 6.94. The first kappa shape index (κ1) is 16.0. The van der Waals surface area contributed by atoms with Crippen molar-refractivity contribution >= 4 is 5.69 Å². The van der Waals surface area contributed by atoms with Crippen LogP contribution in [0.15, 0.2) is 18.2 Å². The van der Waals surface area contributed by atoms with Gasteiger partial charge in [-0.3, -0.25) is 4.90 Å². The highest BCUT2D eigenvalue weighted by atomic mass is 15.2. The number of anilines is 1. The number of rotatable bonds is 6. The Hall–Kier alpha value is -2.04. The summed E-state index contributed by atoms with van der Waals surface area (Å²) >= 11 is 0. The summed E-state index contributed by atoms with van der Waals surface area (Å²) in [4.78, 5) is 2.37. The van der Waals surface area contributed by atoms with E-state index in [4.69, 9.17) is 10.5 Å². The van der Waals surface area contributed by atoms with Crippen molar-refractivity contribution in [3.63, 3.8) is 0 Å². The summed E-state index contributed by atoms with van der Waals surface area (Å²) in [6.07, 6.45) is 0. The predicted octanol–water partition coefficient (Wildman–Crippen LogP) is 2.96. The lowest BCUT2D eigenvalue weighted by Gasteiger charge is -2.30. The van der Waals surface area contributed by atoms with Gasteiger partial charge in [0.25, 0.3) is 0 Å². The first-order valence-electron chi connectivity index (χ1n) is 6.94. The third-order valence-corrected chi connectivity index (χ3v) is 3.30. The minimum Gasteiger partial charge on any atom is -0.382 e. The molecule has 0 radical (unpaired) electrons. The van der Waals surface area contributed by atoms with Gasteiger partial charge in [-0.25, -0.2) is 0 Å². The van der Waals surface area contributed by atoms with Gasteiger partial charge in [-0.15, -0.1) is 0 Å². The smallest absolute Gasteiger partial charge is 0.101 e. The molecule has 4 nitrogen and oxygen atoms in total. The number of hydrogen-bond donors (Lipinski definition) is 1. The topological polar surface area (TPSA) is 62.9 Å². The standard InChI is InChI=1S/C16H22N4/c1-12(2)20(13(3)4)9-8-19-16-14(10-17)6-5-7-15(16)11-18/h5-7,12-13,19H,8-9H2,1-4H3. The molecule has 0 amide bonds. The molecule has 1 rings (SSSR count). The van der Waals surface area contributed by atoms with Gasteiger partial charge in [-0.2, -0.15) is 10.5 Å². The Morgan fingerprint density at radius 1 is 1.05 bits per heavy atom. The van der Waals surface area contributed by atoms with Crippen molar-refractivity contribution in [1.82, 2.24) is 4.90 Å². The quantitative estimate of drug-likeness (QED) is 0.863. The number of hydrogen-bond acceptors (Lipinski definition) is 4. The number of nitrogens with one attached hydrogen (secondary N) is 1. The Balaban J connectivity index is 2.76. The van der Waals surface area contributed by atoms with Crippen molar-refractivity contribution in [1.29, 1.82) is 10.5 Å². The zero-order valence-electron chi connectivity index (χ0n) is 12.6. The van der Waals surface area contributed by atoms with Gasteiger partial charge in [0, 0.05) is 25.2 Å². The fourth-order valence-electron chi connectivity index (χ4n) is 2.35. The molecule has 0 spiro atoms. The lowest BCUT2D eigenvalue weighted by atomic mass is 10.1. The Bertz CT molecular complexity index is 480. The highest BCUT2D eigenvalue weighted by molar-refractivity contribution is 5.66. The monoisotopic (exact) mass is 270 g/mol. The van der Waals surface area contributed by atoms with Crippen LogP contribution >= 0.6 is 0 Å². The second-order valence-electron chi connectivity index (χ2n) is 5.30. The zero-order chi connectivity index (χ0) is 15.1. The van der Waals surface area contributed by atoms with Gasteiger partial charge >= 0.3 is 0 Å². The summed E-state index contributed by atoms with van der Waals surface area (Å²) in [6, 6.07) is 10.4. The maximum absolute atomic E-state index is 9.11. The molecule has 0 unspecified atom stereocenters. The molecule has 0 saturated heterocycles. The maximum atomic E-state index is 9.11. The molecule has 106 valence electrons. The van der Waals surface area contributed by atoms with E-state index in [-0.39, 0.29) is 0 Å². The molecule has 0 aliphatic carbocycles. The molecule has 0 atom stereocenters. The van der Waals surface area contributed by atoms with Gasteiger partial charge in [0.2, 0.25) is 0 Å². The van der Waals surface area contributed by atoms with Gasteiger partial charge in [-0.1, -0.05) is 6.07 Å². The summed E-state index contributed by atoms with van der Waals surface area (Å²) in [5, 5.41) is 21.5. The van der Waals surface area contributed by atoms with Crippen molar-refractivity contribution in [3.8, 4) is 12.1 Å². The molecule has 0 aromatic heterocycles. The van der Waals surface area contributed by atoms with Crippen LogP contribution in [-0.4, -0.2) is 30.1 Å². The van der Waals surface area contributed by atoms with Crippen LogP contribution in [0.1, 0.15) is 38.8 Å². The van der Waals surface area contributed by atoms with E-state index >= 15 is 0 Å². The average molecular weight is 270 g/mol. The number of nitrogens with zero attached hydrogens (tertiary/aromatic N) is 3. The van der Waals surface area contributed by atoms with E-state index in [2.05, 4.69) is 50.1 Å². The van der Waals surface area contributed by atoms with E-state index in [9.17, 15) is 0 Å². The van der Waals surface area contributed by atoms with Gasteiger partial charge in [-0.05, 0) is 39.8 Å². The first-order chi connectivity index (χ1) is 9.51. The Kier molecular flexibility index (Phi) is 6.03. The largest absolute Gasteiger partial charge is 0.382 e. The minimum atomic E-state index is 0.471. The second kappa shape index (κ2) is 7.53. The molecule has 0 aliphatic rings. The fraction of sp³-hybridized carbons (Fsp3) is 0.500. The minimum absolute atomic E-state index is 0.471. The number of para-hydroxylation sites is 1. The van der Waals surface area contributed by atoms with Crippen LogP contribution in [0.5, 0.6) is 0 Å². The summed E-state index contributed by atoms with van der Waals surface area (Å²) < 4.78 is 0. The van der Waals surface area contributed by atoms with Crippen molar-refractivity contribution in [2.45, 2.75) is 39.8 Å². The van der Waals surface area contributed by atoms with Crippen LogP contribution in [0.25, 0.3) is 0 Å². The van der Waals surface area contributed by atoms with Crippen molar-refractivity contribution < 1.29 is 0 Å². The summed E-state index contributed by atoms with van der Waals surface area (Å²) in [5.74, 6) is 0. The molecule has 0 aliphatic heterocycles. The Labute approximate surface area is 121 Å². The zero-order valence-corrected chi connectivity index (χ0v) is 12.6. The molecule has 1 N–H and O–H groups in total. The SMILES string of the molecule is CC(C)N(CCNc1c(C#N)cccc1C#N)C(C)C. The Morgan fingerprint density at radius 2 is 1.55 bits per heavy atom. The molecule has 1 aromatic rings. The highest BCUT2D eigenvalue weighted by Gasteiger charge is 2.13. The van der Waals surface area contributed by atoms with E-state index in [0.29, 0.717) is 35.4 Å². The summed E-state index contributed by atoms with van der Waals surface area (Å²) in [7, 11) is 0. The third-order valence-electron chi connectivity index (χ3n) is 3.30. The third kappa shape index (κ3) is 3.98. The van der Waals surface area contributed by atoms with Gasteiger partial charge < -0.3 is 5.32 Å². The Morgan fingerprint density at radius 3 is 1.95 bits per heavy atom. The van der Waals surface area contributed by atoms with Crippen LogP contribution < -0.4 is 5.32 Å². The van der Waals surface area contributed by atoms with Crippen molar-refractivity contribution in [2.75, 3.05) is 18.4 Å². The number of nitriles is 2. The van der Waals surface area contributed by atoms with Crippen LogP contribution in [0.2, 0.25) is 0 Å². The van der Waals surface area contributed by atoms with Crippen LogP contribution in [-0.2, 0) is 0 Å². The molecule has 0 heterocycles. The summed E-state index contributed by atoms with van der Waals surface area (Å²) in [6.45, 7) is 10.3. The molecule has 1 aromatic carbocycles. The van der Waals surface area contributed by atoms with Gasteiger partial charge in [0.15, 0.2) is 0 Å². The van der Waals surface area contributed by atoms with Gasteiger partial charge in [0.1, 0.15) is 12.1 Å². The molecule has 20 heavy (non-hydrogen) atoms. The molecule has 0 fully saturated rings. The normalized spacial score (nSPS) is 10.7. The van der Waals surface area contributed by atoms with E-state index < -0.39 is 0 Å². The van der Waals surface area contributed by atoms with Crippen LogP contribution in [0.4, 0.5) is 5.69 Å². The highest BCUT2D eigenvalue weighted by Crippen LogP contribution is 2.19.